The van der Waals surface area contributed by atoms with Crippen LogP contribution in [-0.4, -0.2) is 33.1 Å². The Morgan fingerprint density at radius 3 is 2.08 bits per heavy atom. The first-order valence-electron chi connectivity index (χ1n) is 4.38. The van der Waals surface area contributed by atoms with Crippen LogP contribution in [0.25, 0.3) is 0 Å². The summed E-state index contributed by atoms with van der Waals surface area (Å²) in [6.45, 7) is 0. The molecule has 1 aliphatic carbocycles. The molecule has 0 N–H and O–H groups in total. The maximum Gasteiger partial charge on any atom is 0.292 e. The van der Waals surface area contributed by atoms with E-state index in [0.29, 0.717) is 6.42 Å². The molecule has 1 aliphatic rings. The summed E-state index contributed by atoms with van der Waals surface area (Å²) < 4.78 is 15.4. The number of carbonyl (C=O) groups is 1. The minimum Gasteiger partial charge on any atom is -0.330 e. The van der Waals surface area contributed by atoms with E-state index in [1.165, 1.54) is 21.3 Å². The van der Waals surface area contributed by atoms with Gasteiger partial charge in [0, 0.05) is 27.8 Å². The number of methoxy groups -OCH3 is 3. The van der Waals surface area contributed by atoms with Crippen molar-refractivity contribution in [2.75, 3.05) is 21.3 Å². The Morgan fingerprint density at radius 1 is 1.23 bits per heavy atom. The van der Waals surface area contributed by atoms with E-state index in [4.69, 9.17) is 14.2 Å². The van der Waals surface area contributed by atoms with Gasteiger partial charge in [-0.15, -0.1) is 0 Å². The van der Waals surface area contributed by atoms with Crippen LogP contribution in [0.1, 0.15) is 19.3 Å². The Hall–Kier alpha value is -0.450. The lowest BCUT2D eigenvalue weighted by molar-refractivity contribution is -0.370. The molecule has 0 radical (unpaired) electrons. The van der Waals surface area contributed by atoms with E-state index in [0.717, 1.165) is 12.8 Å². The molecular formula is C9H16O4. The van der Waals surface area contributed by atoms with Crippen LogP contribution < -0.4 is 0 Å². The zero-order valence-electron chi connectivity index (χ0n) is 8.33. The summed E-state index contributed by atoms with van der Waals surface area (Å²) in [5.41, 5.74) is 0. The molecule has 0 saturated heterocycles. The molecule has 1 unspecified atom stereocenters. The Morgan fingerprint density at radius 2 is 1.77 bits per heavy atom. The summed E-state index contributed by atoms with van der Waals surface area (Å²) >= 11 is 0. The third-order valence-electron chi connectivity index (χ3n) is 2.58. The standard InChI is InChI=1S/C9H16O4/c1-11-9(12-2,13-3)7-5-4-6-8(7)10/h7H,4-6H2,1-3H3. The molecule has 0 heterocycles. The van der Waals surface area contributed by atoms with Crippen molar-refractivity contribution in [1.29, 1.82) is 0 Å². The SMILES string of the molecule is COC(OC)(OC)C1CCCC1=O. The van der Waals surface area contributed by atoms with Gasteiger partial charge in [-0.25, -0.2) is 0 Å². The van der Waals surface area contributed by atoms with E-state index in [2.05, 4.69) is 0 Å². The van der Waals surface area contributed by atoms with Crippen LogP contribution in [-0.2, 0) is 19.0 Å². The molecule has 76 valence electrons. The maximum atomic E-state index is 11.5. The van der Waals surface area contributed by atoms with Crippen molar-refractivity contribution in [2.24, 2.45) is 5.92 Å². The number of hydrogen-bond donors (Lipinski definition) is 0. The van der Waals surface area contributed by atoms with Crippen LogP contribution in [0, 0.1) is 5.92 Å². The van der Waals surface area contributed by atoms with Gasteiger partial charge in [0.1, 0.15) is 5.78 Å². The Labute approximate surface area is 78.2 Å². The molecule has 4 nitrogen and oxygen atoms in total. The van der Waals surface area contributed by atoms with Crippen molar-refractivity contribution in [2.45, 2.75) is 25.2 Å². The average molecular weight is 188 g/mol. The van der Waals surface area contributed by atoms with Gasteiger partial charge in [-0.1, -0.05) is 0 Å². The molecule has 0 aromatic heterocycles. The highest BCUT2D eigenvalue weighted by Crippen LogP contribution is 2.34. The Bertz CT molecular complexity index is 178. The third kappa shape index (κ3) is 1.75. The topological polar surface area (TPSA) is 44.8 Å². The lowest BCUT2D eigenvalue weighted by Crippen LogP contribution is -2.45. The number of Topliss-reactive ketones (excluding diaryl/α,β-unsaturated/α-hetero) is 1. The zero-order chi connectivity index (χ0) is 9.90. The van der Waals surface area contributed by atoms with Crippen LogP contribution in [0.5, 0.6) is 0 Å². The number of hydrogen-bond acceptors (Lipinski definition) is 4. The molecule has 4 heteroatoms. The number of ether oxygens (including phenoxy) is 3. The highest BCUT2D eigenvalue weighted by Gasteiger charge is 2.46. The van der Waals surface area contributed by atoms with E-state index in [-0.39, 0.29) is 11.7 Å². The molecule has 0 aromatic carbocycles. The number of ketones is 1. The smallest absolute Gasteiger partial charge is 0.292 e. The molecule has 0 bridgehead atoms. The fourth-order valence-electron chi connectivity index (χ4n) is 1.87. The van der Waals surface area contributed by atoms with E-state index < -0.39 is 5.97 Å². The van der Waals surface area contributed by atoms with Gasteiger partial charge in [-0.3, -0.25) is 4.79 Å². The van der Waals surface area contributed by atoms with Crippen LogP contribution >= 0.6 is 0 Å². The number of rotatable bonds is 4. The fourth-order valence-corrected chi connectivity index (χ4v) is 1.87. The highest BCUT2D eigenvalue weighted by atomic mass is 16.9. The third-order valence-corrected chi connectivity index (χ3v) is 2.58. The molecule has 1 rings (SSSR count). The Kier molecular flexibility index (Phi) is 3.41. The van der Waals surface area contributed by atoms with Crippen LogP contribution in [0.3, 0.4) is 0 Å². The van der Waals surface area contributed by atoms with Gasteiger partial charge in [-0.2, -0.15) is 0 Å². The highest BCUT2D eigenvalue weighted by molar-refractivity contribution is 5.83. The fraction of sp³-hybridized carbons (Fsp3) is 0.889. The van der Waals surface area contributed by atoms with E-state index >= 15 is 0 Å². The summed E-state index contributed by atoms with van der Waals surface area (Å²) in [7, 11) is 4.45. The van der Waals surface area contributed by atoms with Gasteiger partial charge in [0.15, 0.2) is 0 Å². The predicted octanol–water partition coefficient (Wildman–Crippen LogP) is 0.949. The average Bonchev–Trinajstić information content (AvgIpc) is 2.57. The van der Waals surface area contributed by atoms with Crippen molar-refractivity contribution in [3.63, 3.8) is 0 Å². The first kappa shape index (κ1) is 10.6. The Balaban J connectivity index is 2.79. The van der Waals surface area contributed by atoms with Crippen LogP contribution in [0.4, 0.5) is 0 Å². The van der Waals surface area contributed by atoms with Crippen molar-refractivity contribution >= 4 is 5.78 Å². The van der Waals surface area contributed by atoms with Crippen molar-refractivity contribution < 1.29 is 19.0 Å². The second kappa shape index (κ2) is 4.17. The first-order valence-corrected chi connectivity index (χ1v) is 4.38. The summed E-state index contributed by atoms with van der Waals surface area (Å²) in [6.07, 6.45) is 2.26. The minimum atomic E-state index is -1.17. The zero-order valence-corrected chi connectivity index (χ0v) is 8.33. The quantitative estimate of drug-likeness (QED) is 0.616. The maximum absolute atomic E-state index is 11.5. The monoisotopic (exact) mass is 188 g/mol. The van der Waals surface area contributed by atoms with Crippen molar-refractivity contribution in [3.8, 4) is 0 Å². The van der Waals surface area contributed by atoms with E-state index in [1.807, 2.05) is 0 Å². The molecule has 0 amide bonds. The molecule has 1 fully saturated rings. The molecule has 1 saturated carbocycles. The van der Waals surface area contributed by atoms with Gasteiger partial charge >= 0.3 is 0 Å². The van der Waals surface area contributed by atoms with Gasteiger partial charge in [0.2, 0.25) is 0 Å². The normalized spacial score (nSPS) is 23.9. The largest absolute Gasteiger partial charge is 0.330 e. The number of carbonyl (C=O) groups excluding carboxylic acids is 1. The lowest BCUT2D eigenvalue weighted by Gasteiger charge is -2.33. The second-order valence-electron chi connectivity index (χ2n) is 3.13. The second-order valence-corrected chi connectivity index (χ2v) is 3.13. The predicted molar refractivity (Wildman–Crippen MR) is 46.1 cm³/mol. The molecule has 0 aromatic rings. The van der Waals surface area contributed by atoms with E-state index in [9.17, 15) is 4.79 Å². The summed E-state index contributed by atoms with van der Waals surface area (Å²) in [5.74, 6) is -1.30. The van der Waals surface area contributed by atoms with Gasteiger partial charge in [0.05, 0.1) is 5.92 Å². The van der Waals surface area contributed by atoms with Gasteiger partial charge in [-0.05, 0) is 12.8 Å². The van der Waals surface area contributed by atoms with Gasteiger partial charge in [0.25, 0.3) is 5.97 Å². The van der Waals surface area contributed by atoms with Crippen molar-refractivity contribution in [1.82, 2.24) is 0 Å². The first-order chi connectivity index (χ1) is 6.20. The summed E-state index contributed by atoms with van der Waals surface area (Å²) in [6, 6.07) is 0. The van der Waals surface area contributed by atoms with E-state index in [1.54, 1.807) is 0 Å². The molecule has 13 heavy (non-hydrogen) atoms. The van der Waals surface area contributed by atoms with Gasteiger partial charge < -0.3 is 14.2 Å². The van der Waals surface area contributed by atoms with Crippen molar-refractivity contribution in [3.05, 3.63) is 0 Å². The molecule has 0 aliphatic heterocycles. The summed E-state index contributed by atoms with van der Waals surface area (Å²) in [4.78, 5) is 11.5. The van der Waals surface area contributed by atoms with Crippen LogP contribution in [0.2, 0.25) is 0 Å². The molecular weight excluding hydrogens is 172 g/mol. The summed E-state index contributed by atoms with van der Waals surface area (Å²) in [5, 5.41) is 0. The lowest BCUT2D eigenvalue weighted by atomic mass is 10.0. The molecule has 1 atom stereocenters. The molecule has 0 spiro atoms. The van der Waals surface area contributed by atoms with Crippen LogP contribution in [0.15, 0.2) is 0 Å². The minimum absolute atomic E-state index is 0.158.